The molecular formula is C17H26N2O2. The Morgan fingerprint density at radius 2 is 2.19 bits per heavy atom. The van der Waals surface area contributed by atoms with E-state index in [1.54, 1.807) is 0 Å². The summed E-state index contributed by atoms with van der Waals surface area (Å²) < 4.78 is 5.83. The largest absolute Gasteiger partial charge is 0.466 e. The van der Waals surface area contributed by atoms with E-state index in [0.717, 1.165) is 37.5 Å². The van der Waals surface area contributed by atoms with Crippen molar-refractivity contribution >= 4 is 5.91 Å². The minimum Gasteiger partial charge on any atom is -0.466 e. The highest BCUT2D eigenvalue weighted by Crippen LogP contribution is 2.42. The molecule has 0 bridgehead atoms. The van der Waals surface area contributed by atoms with Crippen molar-refractivity contribution in [2.75, 3.05) is 13.1 Å². The molecule has 0 radical (unpaired) electrons. The fourth-order valence-corrected chi connectivity index (χ4v) is 3.50. The van der Waals surface area contributed by atoms with Gasteiger partial charge in [0.2, 0.25) is 5.91 Å². The molecule has 1 aliphatic carbocycles. The van der Waals surface area contributed by atoms with E-state index in [4.69, 9.17) is 4.42 Å². The van der Waals surface area contributed by atoms with Gasteiger partial charge in [-0.2, -0.15) is 0 Å². The van der Waals surface area contributed by atoms with E-state index in [1.165, 1.54) is 5.56 Å². The van der Waals surface area contributed by atoms with Crippen LogP contribution in [-0.2, 0) is 11.2 Å². The van der Waals surface area contributed by atoms with E-state index in [1.807, 2.05) is 13.8 Å². The molecule has 1 amide bonds. The van der Waals surface area contributed by atoms with E-state index in [-0.39, 0.29) is 23.3 Å². The third-order valence-electron chi connectivity index (χ3n) is 4.99. The maximum Gasteiger partial charge on any atom is 0.223 e. The predicted octanol–water partition coefficient (Wildman–Crippen LogP) is 2.57. The first-order valence-electron chi connectivity index (χ1n) is 7.96. The van der Waals surface area contributed by atoms with Gasteiger partial charge in [0.1, 0.15) is 11.5 Å². The van der Waals surface area contributed by atoms with Gasteiger partial charge in [-0.25, -0.2) is 0 Å². The fourth-order valence-electron chi connectivity index (χ4n) is 3.50. The van der Waals surface area contributed by atoms with Gasteiger partial charge in [-0.05, 0) is 43.8 Å². The number of carbonyl (C=O) groups is 1. The van der Waals surface area contributed by atoms with Crippen molar-refractivity contribution in [2.45, 2.75) is 46.6 Å². The Hall–Kier alpha value is -1.29. The zero-order chi connectivity index (χ0) is 15.2. The highest BCUT2D eigenvalue weighted by Gasteiger charge is 2.37. The fraction of sp³-hybridized carbons (Fsp3) is 0.706. The Morgan fingerprint density at radius 3 is 2.81 bits per heavy atom. The van der Waals surface area contributed by atoms with Crippen molar-refractivity contribution in [3.05, 3.63) is 23.2 Å². The van der Waals surface area contributed by atoms with Crippen molar-refractivity contribution in [1.82, 2.24) is 10.6 Å². The van der Waals surface area contributed by atoms with Gasteiger partial charge >= 0.3 is 0 Å². The third kappa shape index (κ3) is 2.86. The quantitative estimate of drug-likeness (QED) is 0.899. The molecule has 2 heterocycles. The van der Waals surface area contributed by atoms with Crippen molar-refractivity contribution in [3.63, 3.8) is 0 Å². The SMILES string of the molecule is Cc1cc2c(o1)CC(C)(C)CC2NC(=O)C(C)C1CNC1. The molecular weight excluding hydrogens is 264 g/mol. The molecule has 2 N–H and O–H groups in total. The molecule has 4 heteroatoms. The zero-order valence-corrected chi connectivity index (χ0v) is 13.5. The Balaban J connectivity index is 1.76. The van der Waals surface area contributed by atoms with Gasteiger partial charge in [0.25, 0.3) is 0 Å². The molecule has 1 aromatic rings. The van der Waals surface area contributed by atoms with E-state index in [9.17, 15) is 4.79 Å². The minimum atomic E-state index is 0.0766. The molecule has 1 fully saturated rings. The summed E-state index contributed by atoms with van der Waals surface area (Å²) in [5.74, 6) is 2.72. The second-order valence-electron chi connectivity index (χ2n) is 7.55. The van der Waals surface area contributed by atoms with Gasteiger partial charge in [0, 0.05) is 17.9 Å². The number of hydrogen-bond acceptors (Lipinski definition) is 3. The highest BCUT2D eigenvalue weighted by molar-refractivity contribution is 5.79. The number of furan rings is 1. The second kappa shape index (κ2) is 5.16. The van der Waals surface area contributed by atoms with Crippen LogP contribution < -0.4 is 10.6 Å². The lowest BCUT2D eigenvalue weighted by atomic mass is 9.74. The van der Waals surface area contributed by atoms with Gasteiger partial charge in [-0.3, -0.25) is 4.79 Å². The summed E-state index contributed by atoms with van der Waals surface area (Å²) in [6.07, 6.45) is 1.92. The van der Waals surface area contributed by atoms with Gasteiger partial charge in [0.05, 0.1) is 6.04 Å². The number of rotatable bonds is 3. The molecule has 2 atom stereocenters. The number of aryl methyl sites for hydroxylation is 1. The van der Waals surface area contributed by atoms with Crippen LogP contribution in [0.25, 0.3) is 0 Å². The Morgan fingerprint density at radius 1 is 1.48 bits per heavy atom. The standard InChI is InChI=1S/C17H26N2O2/c1-10-5-13-14(6-17(3,4)7-15(13)21-10)19-16(20)11(2)12-8-18-9-12/h5,11-12,14,18H,6-9H2,1-4H3,(H,19,20). The van der Waals surface area contributed by atoms with Crippen LogP contribution in [0.2, 0.25) is 0 Å². The van der Waals surface area contributed by atoms with Crippen LogP contribution in [0.1, 0.15) is 50.3 Å². The molecule has 0 saturated carbocycles. The molecule has 1 saturated heterocycles. The minimum absolute atomic E-state index is 0.0766. The summed E-state index contributed by atoms with van der Waals surface area (Å²) in [5, 5.41) is 6.50. The van der Waals surface area contributed by atoms with Gasteiger partial charge in [-0.1, -0.05) is 20.8 Å². The first-order chi connectivity index (χ1) is 9.85. The predicted molar refractivity (Wildman–Crippen MR) is 82.0 cm³/mol. The van der Waals surface area contributed by atoms with Gasteiger partial charge in [-0.15, -0.1) is 0 Å². The van der Waals surface area contributed by atoms with E-state index in [0.29, 0.717) is 5.92 Å². The van der Waals surface area contributed by atoms with Crippen LogP contribution in [0.4, 0.5) is 0 Å². The van der Waals surface area contributed by atoms with Crippen molar-refractivity contribution in [1.29, 1.82) is 0 Å². The molecule has 1 aliphatic heterocycles. The number of nitrogens with one attached hydrogen (secondary N) is 2. The molecule has 4 nitrogen and oxygen atoms in total. The van der Waals surface area contributed by atoms with Crippen molar-refractivity contribution in [2.24, 2.45) is 17.3 Å². The first-order valence-corrected chi connectivity index (χ1v) is 7.96. The molecule has 0 spiro atoms. The molecule has 21 heavy (non-hydrogen) atoms. The summed E-state index contributed by atoms with van der Waals surface area (Å²) in [5.41, 5.74) is 1.34. The van der Waals surface area contributed by atoms with Crippen LogP contribution in [0.3, 0.4) is 0 Å². The van der Waals surface area contributed by atoms with E-state index >= 15 is 0 Å². The van der Waals surface area contributed by atoms with Crippen LogP contribution in [0.5, 0.6) is 0 Å². The monoisotopic (exact) mass is 290 g/mol. The van der Waals surface area contributed by atoms with Crippen LogP contribution in [-0.4, -0.2) is 19.0 Å². The Labute approximate surface area is 126 Å². The summed E-state index contributed by atoms with van der Waals surface area (Å²) in [6.45, 7) is 10.4. The van der Waals surface area contributed by atoms with Gasteiger partial charge < -0.3 is 15.1 Å². The Bertz CT molecular complexity index is 543. The number of fused-ring (bicyclic) bond motifs is 1. The maximum absolute atomic E-state index is 12.5. The molecule has 116 valence electrons. The van der Waals surface area contributed by atoms with Crippen LogP contribution in [0.15, 0.2) is 10.5 Å². The lowest BCUT2D eigenvalue weighted by Crippen LogP contribution is -2.50. The molecule has 2 aliphatic rings. The highest BCUT2D eigenvalue weighted by atomic mass is 16.3. The smallest absolute Gasteiger partial charge is 0.223 e. The lowest BCUT2D eigenvalue weighted by Gasteiger charge is -2.37. The summed E-state index contributed by atoms with van der Waals surface area (Å²) in [6, 6.07) is 2.18. The maximum atomic E-state index is 12.5. The average Bonchev–Trinajstić information content (AvgIpc) is 2.65. The van der Waals surface area contributed by atoms with E-state index in [2.05, 4.69) is 30.5 Å². The molecule has 0 aromatic carbocycles. The van der Waals surface area contributed by atoms with Crippen LogP contribution >= 0.6 is 0 Å². The molecule has 3 rings (SSSR count). The third-order valence-corrected chi connectivity index (χ3v) is 4.99. The second-order valence-corrected chi connectivity index (χ2v) is 7.55. The summed E-state index contributed by atoms with van der Waals surface area (Å²) in [7, 11) is 0. The molecule has 1 aromatic heterocycles. The van der Waals surface area contributed by atoms with Gasteiger partial charge in [0.15, 0.2) is 0 Å². The average molecular weight is 290 g/mol. The number of hydrogen-bond donors (Lipinski definition) is 2. The topological polar surface area (TPSA) is 54.3 Å². The van der Waals surface area contributed by atoms with E-state index < -0.39 is 0 Å². The summed E-state index contributed by atoms with van der Waals surface area (Å²) in [4.78, 5) is 12.5. The summed E-state index contributed by atoms with van der Waals surface area (Å²) >= 11 is 0. The first kappa shape index (κ1) is 14.6. The number of carbonyl (C=O) groups excluding carboxylic acids is 1. The molecule has 2 unspecified atom stereocenters. The lowest BCUT2D eigenvalue weighted by molar-refractivity contribution is -0.127. The van der Waals surface area contributed by atoms with Crippen LogP contribution in [0, 0.1) is 24.2 Å². The zero-order valence-electron chi connectivity index (χ0n) is 13.5. The van der Waals surface area contributed by atoms with Crippen molar-refractivity contribution < 1.29 is 9.21 Å². The number of amides is 1. The Kier molecular flexibility index (Phi) is 3.60. The van der Waals surface area contributed by atoms with Crippen molar-refractivity contribution in [3.8, 4) is 0 Å². The normalized spacial score (nSPS) is 25.8.